The quantitative estimate of drug-likeness (QED) is 0.891. The fourth-order valence-electron chi connectivity index (χ4n) is 3.52. The molecule has 1 aliphatic rings. The van der Waals surface area contributed by atoms with Gasteiger partial charge in [0.05, 0.1) is 17.1 Å². The van der Waals surface area contributed by atoms with Gasteiger partial charge >= 0.3 is 0 Å². The summed E-state index contributed by atoms with van der Waals surface area (Å²) in [6.45, 7) is 4.22. The van der Waals surface area contributed by atoms with Gasteiger partial charge in [0, 0.05) is 0 Å². The molecule has 3 nitrogen and oxygen atoms in total. The summed E-state index contributed by atoms with van der Waals surface area (Å²) in [5, 5.41) is 3.05. The number of hydrogen-bond acceptors (Lipinski definition) is 2. The lowest BCUT2D eigenvalue weighted by Crippen LogP contribution is -2.39. The highest BCUT2D eigenvalue weighted by atomic mass is 19.1. The first-order valence-corrected chi connectivity index (χ1v) is 8.40. The number of nitrogens with one attached hydrogen (secondary N) is 1. The van der Waals surface area contributed by atoms with Crippen molar-refractivity contribution in [2.45, 2.75) is 31.7 Å². The van der Waals surface area contributed by atoms with Crippen molar-refractivity contribution in [3.8, 4) is 0 Å². The molecule has 0 aliphatic carbocycles. The predicted molar refractivity (Wildman–Crippen MR) is 94.6 cm³/mol. The van der Waals surface area contributed by atoms with E-state index in [-0.39, 0.29) is 11.7 Å². The zero-order valence-corrected chi connectivity index (χ0v) is 14.6. The number of rotatable bonds is 5. The molecule has 0 radical (unpaired) electrons. The highest BCUT2D eigenvalue weighted by molar-refractivity contribution is 6.08. The summed E-state index contributed by atoms with van der Waals surface area (Å²) in [6, 6.07) is 10.5. The Kier molecular flexibility index (Phi) is 4.60. The number of benzene rings is 2. The van der Waals surface area contributed by atoms with E-state index in [1.54, 1.807) is 38.1 Å². The first kappa shape index (κ1) is 17.5. The Hall–Kier alpha value is -2.27. The first-order chi connectivity index (χ1) is 11.9. The van der Waals surface area contributed by atoms with Crippen LogP contribution in [0, 0.1) is 11.6 Å². The zero-order chi connectivity index (χ0) is 18.2. The minimum absolute atomic E-state index is 0.169. The van der Waals surface area contributed by atoms with Crippen molar-refractivity contribution in [3.05, 3.63) is 65.2 Å². The number of para-hydroxylation sites is 1. The van der Waals surface area contributed by atoms with Gasteiger partial charge in [0.15, 0.2) is 0 Å². The molecule has 2 aromatic carbocycles. The van der Waals surface area contributed by atoms with Crippen LogP contribution in [0.3, 0.4) is 0 Å². The highest BCUT2D eigenvalue weighted by Crippen LogP contribution is 2.47. The molecule has 0 aromatic heterocycles. The van der Waals surface area contributed by atoms with Gasteiger partial charge in [-0.25, -0.2) is 8.78 Å². The summed E-state index contributed by atoms with van der Waals surface area (Å²) in [6.07, 6.45) is 0.551. The molecule has 1 aliphatic heterocycles. The third-order valence-corrected chi connectivity index (χ3v) is 4.87. The van der Waals surface area contributed by atoms with Crippen LogP contribution < -0.4 is 10.2 Å². The second-order valence-corrected chi connectivity index (χ2v) is 6.90. The van der Waals surface area contributed by atoms with Gasteiger partial charge in [0.25, 0.3) is 0 Å². The maximum Gasteiger partial charge on any atom is 0.237 e. The number of carbonyl (C=O) groups is 1. The van der Waals surface area contributed by atoms with Gasteiger partial charge in [-0.2, -0.15) is 0 Å². The fraction of sp³-hybridized carbons (Fsp3) is 0.350. The summed E-state index contributed by atoms with van der Waals surface area (Å²) in [5.74, 6) is -0.966. The van der Waals surface area contributed by atoms with E-state index in [0.717, 1.165) is 0 Å². The second kappa shape index (κ2) is 6.56. The summed E-state index contributed by atoms with van der Waals surface area (Å²) < 4.78 is 28.4. The number of halogens is 2. The third-order valence-electron chi connectivity index (χ3n) is 4.87. The van der Waals surface area contributed by atoms with E-state index in [1.807, 2.05) is 7.05 Å². The average molecular weight is 344 g/mol. The van der Waals surface area contributed by atoms with Crippen molar-refractivity contribution in [1.29, 1.82) is 0 Å². The smallest absolute Gasteiger partial charge is 0.237 e. The molecular weight excluding hydrogens is 322 g/mol. The van der Waals surface area contributed by atoms with E-state index >= 15 is 0 Å². The lowest BCUT2D eigenvalue weighted by Gasteiger charge is -2.30. The van der Waals surface area contributed by atoms with Gasteiger partial charge in [-0.05, 0) is 63.2 Å². The molecule has 3 rings (SSSR count). The van der Waals surface area contributed by atoms with Gasteiger partial charge < -0.3 is 10.2 Å². The van der Waals surface area contributed by atoms with Crippen LogP contribution >= 0.6 is 0 Å². The monoisotopic (exact) mass is 344 g/mol. The van der Waals surface area contributed by atoms with Crippen LogP contribution in [0.4, 0.5) is 14.5 Å². The largest absolute Gasteiger partial charge is 0.320 e. The van der Waals surface area contributed by atoms with Crippen LogP contribution in [0.25, 0.3) is 0 Å². The van der Waals surface area contributed by atoms with Gasteiger partial charge in [-0.3, -0.25) is 4.79 Å². The zero-order valence-electron chi connectivity index (χ0n) is 14.6. The van der Waals surface area contributed by atoms with E-state index in [2.05, 4.69) is 5.32 Å². The molecule has 0 bridgehead atoms. The van der Waals surface area contributed by atoms with Crippen molar-refractivity contribution in [3.63, 3.8) is 0 Å². The number of amides is 1. The van der Waals surface area contributed by atoms with Crippen molar-refractivity contribution in [2.75, 3.05) is 18.5 Å². The van der Waals surface area contributed by atoms with Gasteiger partial charge in [-0.15, -0.1) is 0 Å². The Labute approximate surface area is 146 Å². The Balaban J connectivity index is 2.15. The molecule has 0 saturated carbocycles. The Bertz CT molecular complexity index is 804. The highest BCUT2D eigenvalue weighted by Gasteiger charge is 2.47. The Morgan fingerprint density at radius 3 is 2.56 bits per heavy atom. The third kappa shape index (κ3) is 2.93. The number of nitrogens with zero attached hydrogens (tertiary/aromatic N) is 1. The standard InChI is InChI=1S/C20H22F2N2O/c1-20(2)15-8-5-9-16(22)18(15)24(19(20)25)17(10-11-23-3)13-6-4-7-14(21)12-13/h4-9,12,17,23H,10-11H2,1-3H3. The number of hydrogen-bond donors (Lipinski definition) is 1. The summed E-state index contributed by atoms with van der Waals surface area (Å²) in [7, 11) is 1.81. The Morgan fingerprint density at radius 2 is 1.88 bits per heavy atom. The maximum atomic E-state index is 14.7. The minimum atomic E-state index is -0.817. The number of carbonyl (C=O) groups excluding carboxylic acids is 1. The molecule has 2 aromatic rings. The molecule has 1 N–H and O–H groups in total. The topological polar surface area (TPSA) is 32.3 Å². The van der Waals surface area contributed by atoms with Gasteiger partial charge in [0.2, 0.25) is 5.91 Å². The lowest BCUT2D eigenvalue weighted by molar-refractivity contribution is -0.122. The van der Waals surface area contributed by atoms with Crippen LogP contribution in [0.1, 0.15) is 37.4 Å². The summed E-state index contributed by atoms with van der Waals surface area (Å²) in [4.78, 5) is 14.7. The van der Waals surface area contributed by atoms with Crippen LogP contribution in [0.5, 0.6) is 0 Å². The number of fused-ring (bicyclic) bond motifs is 1. The van der Waals surface area contributed by atoms with Gasteiger partial charge in [-0.1, -0.05) is 24.3 Å². The maximum absolute atomic E-state index is 14.7. The predicted octanol–water partition coefficient (Wildman–Crippen LogP) is 3.94. The van der Waals surface area contributed by atoms with Crippen molar-refractivity contribution in [1.82, 2.24) is 5.32 Å². The van der Waals surface area contributed by atoms with E-state index in [9.17, 15) is 13.6 Å². The van der Waals surface area contributed by atoms with Gasteiger partial charge in [0.1, 0.15) is 11.6 Å². The molecular formula is C20H22F2N2O. The SMILES string of the molecule is CNCCC(c1cccc(F)c1)N1C(=O)C(C)(C)c2cccc(F)c21. The molecule has 5 heteroatoms. The van der Waals surface area contributed by atoms with E-state index < -0.39 is 17.3 Å². The molecule has 0 spiro atoms. The molecule has 1 amide bonds. The lowest BCUT2D eigenvalue weighted by atomic mass is 9.86. The van der Waals surface area contributed by atoms with Crippen LogP contribution in [0.15, 0.2) is 42.5 Å². The normalized spacial score (nSPS) is 16.8. The summed E-state index contributed by atoms with van der Waals surface area (Å²) in [5.41, 5.74) is 0.824. The molecule has 0 saturated heterocycles. The Morgan fingerprint density at radius 1 is 1.16 bits per heavy atom. The van der Waals surface area contributed by atoms with Crippen LogP contribution in [-0.4, -0.2) is 19.5 Å². The van der Waals surface area contributed by atoms with E-state index in [4.69, 9.17) is 0 Å². The molecule has 1 unspecified atom stereocenters. The van der Waals surface area contributed by atoms with Crippen molar-refractivity contribution < 1.29 is 13.6 Å². The first-order valence-electron chi connectivity index (χ1n) is 8.40. The average Bonchev–Trinajstić information content (AvgIpc) is 2.78. The van der Waals surface area contributed by atoms with Crippen LogP contribution in [-0.2, 0) is 10.2 Å². The van der Waals surface area contributed by atoms with E-state index in [1.165, 1.54) is 23.1 Å². The van der Waals surface area contributed by atoms with Crippen molar-refractivity contribution >= 4 is 11.6 Å². The molecule has 0 fully saturated rings. The summed E-state index contributed by atoms with van der Waals surface area (Å²) >= 11 is 0. The number of anilines is 1. The van der Waals surface area contributed by atoms with E-state index in [0.29, 0.717) is 29.8 Å². The van der Waals surface area contributed by atoms with Crippen molar-refractivity contribution in [2.24, 2.45) is 0 Å². The fourth-order valence-corrected chi connectivity index (χ4v) is 3.52. The second-order valence-electron chi connectivity index (χ2n) is 6.90. The molecule has 1 atom stereocenters. The minimum Gasteiger partial charge on any atom is -0.320 e. The molecule has 132 valence electrons. The van der Waals surface area contributed by atoms with Crippen LogP contribution in [0.2, 0.25) is 0 Å². The molecule has 1 heterocycles. The molecule has 25 heavy (non-hydrogen) atoms.